The molecular formula is C18H20O6. The van der Waals surface area contributed by atoms with Crippen molar-refractivity contribution < 1.29 is 28.5 Å². The van der Waals surface area contributed by atoms with E-state index in [1.165, 1.54) is 33.5 Å². The topological polar surface area (TPSA) is 71.1 Å². The highest BCUT2D eigenvalue weighted by molar-refractivity contribution is 6.12. The SMILES string of the molecule is COc1cc(C(=O)C#CC(=O)OCC=C(C)C)cc(OC)c1OC. The van der Waals surface area contributed by atoms with Crippen LogP contribution >= 0.6 is 0 Å². The van der Waals surface area contributed by atoms with Gasteiger partial charge in [-0.15, -0.1) is 0 Å². The van der Waals surface area contributed by atoms with Crippen LogP contribution in [0.1, 0.15) is 24.2 Å². The standard InChI is InChI=1S/C18H20O6/c1-12(2)8-9-24-17(20)7-6-14(19)13-10-15(21-3)18(23-5)16(11-13)22-4/h8,10-11H,9H2,1-5H3. The third-order valence-electron chi connectivity index (χ3n) is 2.91. The molecule has 24 heavy (non-hydrogen) atoms. The van der Waals surface area contributed by atoms with Crippen LogP contribution < -0.4 is 14.2 Å². The minimum Gasteiger partial charge on any atom is -0.493 e. The molecule has 0 bridgehead atoms. The Labute approximate surface area is 141 Å². The summed E-state index contributed by atoms with van der Waals surface area (Å²) in [5.74, 6) is 4.08. The van der Waals surface area contributed by atoms with Gasteiger partial charge in [0.05, 0.1) is 21.3 Å². The van der Waals surface area contributed by atoms with Crippen molar-refractivity contribution in [3.05, 3.63) is 29.3 Å². The van der Waals surface area contributed by atoms with Crippen LogP contribution in [0.3, 0.4) is 0 Å². The van der Waals surface area contributed by atoms with Gasteiger partial charge in [0.2, 0.25) is 11.5 Å². The maximum atomic E-state index is 12.1. The number of hydrogen-bond donors (Lipinski definition) is 0. The van der Waals surface area contributed by atoms with E-state index in [1.54, 1.807) is 6.08 Å². The maximum Gasteiger partial charge on any atom is 0.385 e. The third-order valence-corrected chi connectivity index (χ3v) is 2.91. The molecule has 1 aromatic rings. The maximum absolute atomic E-state index is 12.1. The van der Waals surface area contributed by atoms with E-state index < -0.39 is 11.8 Å². The number of ether oxygens (including phenoxy) is 4. The molecule has 0 aromatic heterocycles. The zero-order chi connectivity index (χ0) is 18.1. The molecule has 0 saturated carbocycles. The van der Waals surface area contributed by atoms with Gasteiger partial charge in [0, 0.05) is 11.5 Å². The Morgan fingerprint density at radius 3 is 2.04 bits per heavy atom. The number of carbonyl (C=O) groups is 2. The monoisotopic (exact) mass is 332 g/mol. The molecule has 0 N–H and O–H groups in total. The Balaban J connectivity index is 2.95. The molecule has 0 spiro atoms. The smallest absolute Gasteiger partial charge is 0.385 e. The summed E-state index contributed by atoms with van der Waals surface area (Å²) >= 11 is 0. The highest BCUT2D eigenvalue weighted by Gasteiger charge is 2.16. The van der Waals surface area contributed by atoms with Crippen LogP contribution in [0.5, 0.6) is 17.2 Å². The van der Waals surface area contributed by atoms with Gasteiger partial charge < -0.3 is 18.9 Å². The van der Waals surface area contributed by atoms with Crippen LogP contribution in [0.2, 0.25) is 0 Å². The number of methoxy groups -OCH3 is 3. The molecule has 0 saturated heterocycles. The van der Waals surface area contributed by atoms with Crippen LogP contribution in [0.4, 0.5) is 0 Å². The molecule has 0 amide bonds. The van der Waals surface area contributed by atoms with Crippen molar-refractivity contribution >= 4 is 11.8 Å². The van der Waals surface area contributed by atoms with Crippen molar-refractivity contribution in [3.8, 4) is 29.1 Å². The van der Waals surface area contributed by atoms with Crippen LogP contribution in [0.25, 0.3) is 0 Å². The van der Waals surface area contributed by atoms with E-state index in [4.69, 9.17) is 18.9 Å². The fourth-order valence-electron chi connectivity index (χ4n) is 1.71. The lowest BCUT2D eigenvalue weighted by molar-refractivity contribution is -0.135. The molecule has 128 valence electrons. The summed E-state index contributed by atoms with van der Waals surface area (Å²) in [6, 6.07) is 2.93. The Bertz CT molecular complexity index is 677. The molecule has 0 aliphatic carbocycles. The van der Waals surface area contributed by atoms with Crippen molar-refractivity contribution in [3.63, 3.8) is 0 Å². The zero-order valence-electron chi connectivity index (χ0n) is 14.4. The quantitative estimate of drug-likeness (QED) is 0.199. The van der Waals surface area contributed by atoms with Gasteiger partial charge in [-0.25, -0.2) is 4.79 Å². The van der Waals surface area contributed by atoms with Gasteiger partial charge in [0.1, 0.15) is 6.61 Å². The van der Waals surface area contributed by atoms with E-state index in [-0.39, 0.29) is 12.2 Å². The van der Waals surface area contributed by atoms with Crippen LogP contribution in [0, 0.1) is 11.8 Å². The second-order valence-electron chi connectivity index (χ2n) is 4.87. The van der Waals surface area contributed by atoms with Gasteiger partial charge in [-0.05, 0) is 38.0 Å². The number of hydrogen-bond acceptors (Lipinski definition) is 6. The van der Waals surface area contributed by atoms with Crippen molar-refractivity contribution in [1.82, 2.24) is 0 Å². The second kappa shape index (κ2) is 9.26. The number of ketones is 1. The minimum atomic E-state index is -0.770. The summed E-state index contributed by atoms with van der Waals surface area (Å²) < 4.78 is 20.4. The fourth-order valence-corrected chi connectivity index (χ4v) is 1.71. The number of benzene rings is 1. The van der Waals surface area contributed by atoms with Gasteiger partial charge in [0.25, 0.3) is 0 Å². The van der Waals surface area contributed by atoms with Gasteiger partial charge in [0.15, 0.2) is 11.5 Å². The van der Waals surface area contributed by atoms with E-state index in [0.29, 0.717) is 17.2 Å². The van der Waals surface area contributed by atoms with E-state index in [0.717, 1.165) is 5.57 Å². The summed E-state index contributed by atoms with van der Waals surface area (Å²) in [5.41, 5.74) is 1.23. The van der Waals surface area contributed by atoms with Gasteiger partial charge in [-0.2, -0.15) is 0 Å². The lowest BCUT2D eigenvalue weighted by atomic mass is 10.1. The summed E-state index contributed by atoms with van der Waals surface area (Å²) in [4.78, 5) is 23.6. The number of rotatable bonds is 6. The first-order valence-corrected chi connectivity index (χ1v) is 7.09. The van der Waals surface area contributed by atoms with Gasteiger partial charge in [-0.3, -0.25) is 4.79 Å². The number of Topliss-reactive ketones (excluding diaryl/α,β-unsaturated/α-hetero) is 1. The summed E-state index contributed by atoms with van der Waals surface area (Å²) in [6.07, 6.45) is 1.74. The Morgan fingerprint density at radius 2 is 1.58 bits per heavy atom. The largest absolute Gasteiger partial charge is 0.493 e. The van der Waals surface area contributed by atoms with Crippen LogP contribution in [0.15, 0.2) is 23.8 Å². The first kappa shape index (κ1) is 19.1. The highest BCUT2D eigenvalue weighted by Crippen LogP contribution is 2.38. The normalized spacial score (nSPS) is 9.21. The molecule has 0 fully saturated rings. The molecule has 0 radical (unpaired) electrons. The Kier molecular flexibility index (Phi) is 7.37. The van der Waals surface area contributed by atoms with Gasteiger partial charge in [-0.1, -0.05) is 5.57 Å². The number of carbonyl (C=O) groups excluding carboxylic acids is 2. The molecule has 6 heteroatoms. The number of allylic oxidation sites excluding steroid dienone is 1. The van der Waals surface area contributed by atoms with E-state index in [1.807, 2.05) is 13.8 Å². The van der Waals surface area contributed by atoms with Crippen LogP contribution in [-0.4, -0.2) is 39.7 Å². The molecule has 0 aliphatic heterocycles. The minimum absolute atomic E-state index is 0.119. The predicted octanol–water partition coefficient (Wildman–Crippen LogP) is 2.41. The van der Waals surface area contributed by atoms with Crippen molar-refractivity contribution in [2.75, 3.05) is 27.9 Å². The predicted molar refractivity (Wildman–Crippen MR) is 88.6 cm³/mol. The average Bonchev–Trinajstić information content (AvgIpc) is 2.57. The second-order valence-corrected chi connectivity index (χ2v) is 4.87. The van der Waals surface area contributed by atoms with Crippen LogP contribution in [-0.2, 0) is 9.53 Å². The summed E-state index contributed by atoms with van der Waals surface area (Å²) in [5, 5.41) is 0. The number of esters is 1. The Morgan fingerprint density at radius 1 is 1.00 bits per heavy atom. The molecule has 1 rings (SSSR count). The molecule has 1 aromatic carbocycles. The molecule has 0 atom stereocenters. The zero-order valence-corrected chi connectivity index (χ0v) is 14.4. The molecule has 0 unspecified atom stereocenters. The van der Waals surface area contributed by atoms with E-state index in [2.05, 4.69) is 11.8 Å². The van der Waals surface area contributed by atoms with Crippen molar-refractivity contribution in [2.24, 2.45) is 0 Å². The lowest BCUT2D eigenvalue weighted by Gasteiger charge is -2.12. The molecule has 6 nitrogen and oxygen atoms in total. The van der Waals surface area contributed by atoms with E-state index in [9.17, 15) is 9.59 Å². The third kappa shape index (κ3) is 5.36. The van der Waals surface area contributed by atoms with Crippen molar-refractivity contribution in [1.29, 1.82) is 0 Å². The summed E-state index contributed by atoms with van der Waals surface area (Å²) in [7, 11) is 4.35. The first-order chi connectivity index (χ1) is 11.4. The molecule has 0 heterocycles. The molecule has 0 aliphatic rings. The highest BCUT2D eigenvalue weighted by atomic mass is 16.5. The molecular weight excluding hydrogens is 312 g/mol. The average molecular weight is 332 g/mol. The van der Waals surface area contributed by atoms with E-state index >= 15 is 0 Å². The first-order valence-electron chi connectivity index (χ1n) is 7.09. The Hall–Kier alpha value is -2.94. The van der Waals surface area contributed by atoms with Crippen molar-refractivity contribution in [2.45, 2.75) is 13.8 Å². The summed E-state index contributed by atoms with van der Waals surface area (Å²) in [6.45, 7) is 3.88. The lowest BCUT2D eigenvalue weighted by Crippen LogP contribution is -2.04. The van der Waals surface area contributed by atoms with Gasteiger partial charge >= 0.3 is 5.97 Å². The fraction of sp³-hybridized carbons (Fsp3) is 0.333.